The highest BCUT2D eigenvalue weighted by atomic mass is 32.1. The zero-order chi connectivity index (χ0) is 11.4. The minimum atomic E-state index is -0.106. The fraction of sp³-hybridized carbons (Fsp3) is 0.273. The van der Waals surface area contributed by atoms with E-state index in [-0.39, 0.29) is 5.56 Å². The van der Waals surface area contributed by atoms with Gasteiger partial charge in [-0.1, -0.05) is 6.07 Å². The van der Waals surface area contributed by atoms with Crippen LogP contribution in [0.2, 0.25) is 0 Å². The van der Waals surface area contributed by atoms with Gasteiger partial charge < -0.3 is 10.7 Å². The molecule has 0 aliphatic rings. The van der Waals surface area contributed by atoms with E-state index in [1.807, 2.05) is 17.5 Å². The molecule has 2 heterocycles. The standard InChI is InChI=1S/C11H13N3OS/c12-5-1-4-10-13-8(7-11(15)14-10)9-3-2-6-16-9/h2-3,6-7H,1,4-5,12H2,(H,13,14,15). The molecule has 0 spiro atoms. The molecule has 0 radical (unpaired) electrons. The fourth-order valence-electron chi connectivity index (χ4n) is 1.45. The van der Waals surface area contributed by atoms with Crippen LogP contribution >= 0.6 is 11.3 Å². The van der Waals surface area contributed by atoms with Crippen LogP contribution in [0, 0.1) is 0 Å². The van der Waals surface area contributed by atoms with Crippen LogP contribution in [0.5, 0.6) is 0 Å². The molecule has 16 heavy (non-hydrogen) atoms. The van der Waals surface area contributed by atoms with E-state index in [1.54, 1.807) is 11.3 Å². The van der Waals surface area contributed by atoms with Crippen LogP contribution in [0.1, 0.15) is 12.2 Å². The van der Waals surface area contributed by atoms with Crippen molar-refractivity contribution in [2.75, 3.05) is 6.54 Å². The molecule has 0 aliphatic carbocycles. The number of aromatic amines is 1. The second kappa shape index (κ2) is 5.05. The van der Waals surface area contributed by atoms with Crippen LogP contribution < -0.4 is 11.3 Å². The number of hydrogen-bond acceptors (Lipinski definition) is 4. The van der Waals surface area contributed by atoms with E-state index in [0.29, 0.717) is 18.8 Å². The number of nitrogens with two attached hydrogens (primary N) is 1. The van der Waals surface area contributed by atoms with E-state index in [0.717, 1.165) is 17.0 Å². The van der Waals surface area contributed by atoms with Crippen LogP contribution in [0.4, 0.5) is 0 Å². The number of rotatable bonds is 4. The van der Waals surface area contributed by atoms with Gasteiger partial charge in [-0.05, 0) is 24.4 Å². The van der Waals surface area contributed by atoms with Crippen LogP contribution in [0.15, 0.2) is 28.4 Å². The molecule has 0 saturated carbocycles. The molecule has 0 atom stereocenters. The van der Waals surface area contributed by atoms with Crippen molar-refractivity contribution in [2.45, 2.75) is 12.8 Å². The molecular formula is C11H13N3OS. The number of aromatic nitrogens is 2. The summed E-state index contributed by atoms with van der Waals surface area (Å²) in [6, 6.07) is 5.43. The normalized spacial score (nSPS) is 10.6. The molecule has 2 aromatic heterocycles. The quantitative estimate of drug-likeness (QED) is 0.841. The third kappa shape index (κ3) is 2.56. The number of thiophene rings is 1. The highest BCUT2D eigenvalue weighted by molar-refractivity contribution is 7.13. The Morgan fingerprint density at radius 3 is 3.06 bits per heavy atom. The van der Waals surface area contributed by atoms with Crippen molar-refractivity contribution in [1.29, 1.82) is 0 Å². The van der Waals surface area contributed by atoms with Crippen LogP contribution in [-0.2, 0) is 6.42 Å². The SMILES string of the molecule is NCCCc1nc(-c2cccs2)cc(=O)[nH]1. The highest BCUT2D eigenvalue weighted by Crippen LogP contribution is 2.21. The van der Waals surface area contributed by atoms with E-state index >= 15 is 0 Å². The van der Waals surface area contributed by atoms with Gasteiger partial charge in [0.05, 0.1) is 10.6 Å². The number of H-pyrrole nitrogens is 1. The van der Waals surface area contributed by atoms with Crippen LogP contribution in [-0.4, -0.2) is 16.5 Å². The number of nitrogens with zero attached hydrogens (tertiary/aromatic N) is 1. The van der Waals surface area contributed by atoms with E-state index in [1.165, 1.54) is 6.07 Å². The summed E-state index contributed by atoms with van der Waals surface area (Å²) in [5.74, 6) is 0.710. The average Bonchev–Trinajstić information content (AvgIpc) is 2.79. The molecule has 0 aromatic carbocycles. The summed E-state index contributed by atoms with van der Waals surface area (Å²) in [7, 11) is 0. The minimum Gasteiger partial charge on any atom is -0.330 e. The Bertz CT molecular complexity index is 504. The number of aryl methyl sites for hydroxylation is 1. The van der Waals surface area contributed by atoms with E-state index < -0.39 is 0 Å². The second-order valence-electron chi connectivity index (χ2n) is 3.45. The molecule has 5 heteroatoms. The average molecular weight is 235 g/mol. The van der Waals surface area contributed by atoms with Crippen molar-refractivity contribution in [2.24, 2.45) is 5.73 Å². The fourth-order valence-corrected chi connectivity index (χ4v) is 2.13. The highest BCUT2D eigenvalue weighted by Gasteiger charge is 2.04. The van der Waals surface area contributed by atoms with Gasteiger partial charge in [-0.25, -0.2) is 4.98 Å². The summed E-state index contributed by atoms with van der Waals surface area (Å²) in [5, 5.41) is 1.97. The van der Waals surface area contributed by atoms with Crippen molar-refractivity contribution in [1.82, 2.24) is 9.97 Å². The van der Waals surface area contributed by atoms with E-state index in [9.17, 15) is 4.79 Å². The maximum absolute atomic E-state index is 11.4. The topological polar surface area (TPSA) is 71.8 Å². The molecule has 0 amide bonds. The smallest absolute Gasteiger partial charge is 0.251 e. The summed E-state index contributed by atoms with van der Waals surface area (Å²) in [4.78, 5) is 19.6. The van der Waals surface area contributed by atoms with Gasteiger partial charge in [-0.2, -0.15) is 0 Å². The Balaban J connectivity index is 2.33. The van der Waals surface area contributed by atoms with Gasteiger partial charge in [0.2, 0.25) is 0 Å². The third-order valence-corrected chi connectivity index (χ3v) is 3.07. The van der Waals surface area contributed by atoms with Crippen molar-refractivity contribution in [3.05, 3.63) is 39.8 Å². The first-order valence-electron chi connectivity index (χ1n) is 5.14. The molecule has 3 N–H and O–H groups in total. The molecule has 0 aliphatic heterocycles. The first-order chi connectivity index (χ1) is 7.79. The predicted octanol–water partition coefficient (Wildman–Crippen LogP) is 1.39. The maximum atomic E-state index is 11.4. The van der Waals surface area contributed by atoms with E-state index in [4.69, 9.17) is 5.73 Å². The number of nitrogens with one attached hydrogen (secondary N) is 1. The summed E-state index contributed by atoms with van der Waals surface area (Å²) >= 11 is 1.58. The Morgan fingerprint density at radius 2 is 2.38 bits per heavy atom. The van der Waals surface area contributed by atoms with Gasteiger partial charge in [0.15, 0.2) is 0 Å². The Labute approximate surface area is 97.2 Å². The number of hydrogen-bond donors (Lipinski definition) is 2. The maximum Gasteiger partial charge on any atom is 0.251 e. The summed E-state index contributed by atoms with van der Waals surface area (Å²) in [6.07, 6.45) is 1.54. The third-order valence-electron chi connectivity index (χ3n) is 2.18. The summed E-state index contributed by atoms with van der Waals surface area (Å²) in [6.45, 7) is 0.604. The molecule has 0 saturated heterocycles. The van der Waals surface area contributed by atoms with Crippen molar-refractivity contribution < 1.29 is 0 Å². The van der Waals surface area contributed by atoms with Gasteiger partial charge in [0, 0.05) is 12.5 Å². The zero-order valence-corrected chi connectivity index (χ0v) is 9.59. The lowest BCUT2D eigenvalue weighted by Crippen LogP contribution is -2.12. The molecule has 2 aromatic rings. The summed E-state index contributed by atoms with van der Waals surface area (Å²) < 4.78 is 0. The molecule has 0 fully saturated rings. The first kappa shape index (κ1) is 11.0. The lowest BCUT2D eigenvalue weighted by molar-refractivity contribution is 0.777. The van der Waals surface area contributed by atoms with E-state index in [2.05, 4.69) is 9.97 Å². The zero-order valence-electron chi connectivity index (χ0n) is 8.77. The Hall–Kier alpha value is -1.46. The van der Waals surface area contributed by atoms with Gasteiger partial charge in [-0.3, -0.25) is 4.79 Å². The Kier molecular flexibility index (Phi) is 3.48. The minimum absolute atomic E-state index is 0.106. The summed E-state index contributed by atoms with van der Waals surface area (Å²) in [5.41, 5.74) is 6.06. The molecule has 84 valence electrons. The Morgan fingerprint density at radius 1 is 1.50 bits per heavy atom. The monoisotopic (exact) mass is 235 g/mol. The van der Waals surface area contributed by atoms with Gasteiger partial charge in [0.25, 0.3) is 5.56 Å². The predicted molar refractivity (Wildman–Crippen MR) is 65.5 cm³/mol. The molecule has 0 bridgehead atoms. The van der Waals surface area contributed by atoms with Crippen molar-refractivity contribution in [3.8, 4) is 10.6 Å². The molecule has 0 unspecified atom stereocenters. The van der Waals surface area contributed by atoms with Gasteiger partial charge in [0.1, 0.15) is 5.82 Å². The van der Waals surface area contributed by atoms with Crippen molar-refractivity contribution >= 4 is 11.3 Å². The van der Waals surface area contributed by atoms with Gasteiger partial charge in [-0.15, -0.1) is 11.3 Å². The van der Waals surface area contributed by atoms with Crippen molar-refractivity contribution in [3.63, 3.8) is 0 Å². The molecule has 4 nitrogen and oxygen atoms in total. The molecule has 2 rings (SSSR count). The largest absolute Gasteiger partial charge is 0.330 e. The molecular weight excluding hydrogens is 222 g/mol. The lowest BCUT2D eigenvalue weighted by Gasteiger charge is -2.01. The van der Waals surface area contributed by atoms with Crippen LogP contribution in [0.25, 0.3) is 10.6 Å². The first-order valence-corrected chi connectivity index (χ1v) is 6.02. The van der Waals surface area contributed by atoms with Crippen LogP contribution in [0.3, 0.4) is 0 Å². The lowest BCUT2D eigenvalue weighted by atomic mass is 10.2. The van der Waals surface area contributed by atoms with Gasteiger partial charge >= 0.3 is 0 Å². The second-order valence-corrected chi connectivity index (χ2v) is 4.39.